The van der Waals surface area contributed by atoms with Gasteiger partial charge in [0.25, 0.3) is 0 Å². The zero-order valence-electron chi connectivity index (χ0n) is 16.4. The third-order valence-corrected chi connectivity index (χ3v) is 5.75. The van der Waals surface area contributed by atoms with Crippen LogP contribution in [0.2, 0.25) is 0 Å². The van der Waals surface area contributed by atoms with Gasteiger partial charge in [0.15, 0.2) is 5.58 Å². The van der Waals surface area contributed by atoms with Crippen molar-refractivity contribution in [3.8, 4) is 5.75 Å². The first-order valence-corrected chi connectivity index (χ1v) is 10.0. The van der Waals surface area contributed by atoms with Crippen molar-refractivity contribution >= 4 is 27.8 Å². The number of rotatable bonds is 4. The second-order valence-corrected chi connectivity index (χ2v) is 7.62. The van der Waals surface area contributed by atoms with E-state index in [1.165, 1.54) is 0 Å². The molecule has 0 bridgehead atoms. The average molecular weight is 389 g/mol. The topological polar surface area (TPSA) is 60.5 Å². The number of hydrogen-bond acceptors (Lipinski definition) is 4. The minimum atomic E-state index is 0.0904. The lowest BCUT2D eigenvalue weighted by Crippen LogP contribution is -2.42. The van der Waals surface area contributed by atoms with Crippen LogP contribution in [0.4, 0.5) is 0 Å². The lowest BCUT2D eigenvalue weighted by atomic mass is 10.1. The van der Waals surface area contributed by atoms with Crippen LogP contribution in [0.15, 0.2) is 59.3 Å². The molecule has 4 aromatic rings. The lowest BCUT2D eigenvalue weighted by molar-refractivity contribution is -0.132. The minimum Gasteiger partial charge on any atom is -0.490 e. The van der Waals surface area contributed by atoms with Crippen molar-refractivity contribution < 1.29 is 14.1 Å². The summed E-state index contributed by atoms with van der Waals surface area (Å²) in [6.07, 6.45) is 4.10. The highest BCUT2D eigenvalue weighted by atomic mass is 16.5. The summed E-state index contributed by atoms with van der Waals surface area (Å²) < 4.78 is 13.7. The maximum Gasteiger partial charge on any atom is 0.228 e. The molecule has 1 saturated heterocycles. The number of amides is 1. The Morgan fingerprint density at radius 2 is 1.93 bits per heavy atom. The van der Waals surface area contributed by atoms with Crippen LogP contribution in [-0.4, -0.2) is 39.7 Å². The quantitative estimate of drug-likeness (QED) is 0.531. The molecule has 148 valence electrons. The van der Waals surface area contributed by atoms with E-state index in [1.807, 2.05) is 54.5 Å². The molecule has 2 aromatic heterocycles. The predicted octanol–water partition coefficient (Wildman–Crippen LogP) is 3.93. The number of nitrogens with zero attached hydrogens (tertiary/aromatic N) is 3. The molecule has 0 saturated carbocycles. The van der Waals surface area contributed by atoms with E-state index >= 15 is 0 Å². The molecule has 1 aliphatic rings. The lowest BCUT2D eigenvalue weighted by Gasteiger charge is -2.32. The number of benzene rings is 2. The van der Waals surface area contributed by atoms with E-state index < -0.39 is 0 Å². The van der Waals surface area contributed by atoms with Gasteiger partial charge >= 0.3 is 0 Å². The van der Waals surface area contributed by atoms with Crippen LogP contribution in [0, 0.1) is 0 Å². The summed E-state index contributed by atoms with van der Waals surface area (Å²) in [5.41, 5.74) is 2.59. The molecule has 0 aliphatic carbocycles. The summed E-state index contributed by atoms with van der Waals surface area (Å²) >= 11 is 0. The van der Waals surface area contributed by atoms with Crippen molar-refractivity contribution in [2.24, 2.45) is 7.05 Å². The van der Waals surface area contributed by atoms with Crippen molar-refractivity contribution in [2.45, 2.75) is 25.4 Å². The van der Waals surface area contributed by atoms with Gasteiger partial charge in [0.2, 0.25) is 5.91 Å². The van der Waals surface area contributed by atoms with Gasteiger partial charge in [-0.1, -0.05) is 23.4 Å². The van der Waals surface area contributed by atoms with Gasteiger partial charge < -0.3 is 18.7 Å². The molecule has 0 unspecified atom stereocenters. The van der Waals surface area contributed by atoms with Gasteiger partial charge in [-0.05, 0) is 30.3 Å². The van der Waals surface area contributed by atoms with Crippen molar-refractivity contribution in [3.05, 3.63) is 60.4 Å². The number of para-hydroxylation sites is 1. The maximum absolute atomic E-state index is 12.8. The molecule has 5 rings (SSSR count). The minimum absolute atomic E-state index is 0.0904. The van der Waals surface area contributed by atoms with Crippen molar-refractivity contribution in [3.63, 3.8) is 0 Å². The Kier molecular flexibility index (Phi) is 4.46. The largest absolute Gasteiger partial charge is 0.490 e. The van der Waals surface area contributed by atoms with Crippen LogP contribution in [0.25, 0.3) is 21.9 Å². The summed E-state index contributed by atoms with van der Waals surface area (Å²) in [6.45, 7) is 1.40. The smallest absolute Gasteiger partial charge is 0.228 e. The third-order valence-electron chi connectivity index (χ3n) is 5.75. The fourth-order valence-corrected chi connectivity index (χ4v) is 4.10. The van der Waals surface area contributed by atoms with E-state index in [0.29, 0.717) is 18.8 Å². The van der Waals surface area contributed by atoms with E-state index in [2.05, 4.69) is 21.9 Å². The number of piperidine rings is 1. The van der Waals surface area contributed by atoms with E-state index in [0.717, 1.165) is 40.5 Å². The van der Waals surface area contributed by atoms with Crippen molar-refractivity contribution in [1.82, 2.24) is 14.6 Å². The number of carbonyl (C=O) groups excluding carboxylic acids is 1. The Bertz CT molecular complexity index is 1170. The Labute approximate surface area is 168 Å². The van der Waals surface area contributed by atoms with Gasteiger partial charge in [-0.2, -0.15) is 0 Å². The van der Waals surface area contributed by atoms with Gasteiger partial charge in [-0.15, -0.1) is 0 Å². The standard InChI is InChI=1S/C23H23N3O3/c1-25-12-11-18-20(25)6-4-8-21(18)28-16-9-13-26(14-10-16)23(27)15-19-17-5-2-3-7-22(17)29-24-19/h2-8,11-12,16H,9-10,13-15H2,1H3. The molecular formula is C23H23N3O3. The van der Waals surface area contributed by atoms with E-state index in [4.69, 9.17) is 9.26 Å². The summed E-state index contributed by atoms with van der Waals surface area (Å²) in [7, 11) is 2.04. The number of hydrogen-bond donors (Lipinski definition) is 0. The number of fused-ring (bicyclic) bond motifs is 2. The van der Waals surface area contributed by atoms with Crippen LogP contribution in [-0.2, 0) is 18.3 Å². The first kappa shape index (κ1) is 17.8. The first-order chi connectivity index (χ1) is 14.2. The Hall–Kier alpha value is -3.28. The monoisotopic (exact) mass is 389 g/mol. The number of ether oxygens (including phenoxy) is 1. The van der Waals surface area contributed by atoms with Gasteiger partial charge in [0, 0.05) is 49.9 Å². The maximum atomic E-state index is 12.8. The van der Waals surface area contributed by atoms with Crippen LogP contribution < -0.4 is 4.74 Å². The SMILES string of the molecule is Cn1ccc2c(OC3CCN(C(=O)Cc4noc5ccccc45)CC3)cccc21. The molecule has 6 nitrogen and oxygen atoms in total. The Balaban J connectivity index is 1.21. The van der Waals surface area contributed by atoms with Gasteiger partial charge in [0.1, 0.15) is 17.5 Å². The molecule has 0 N–H and O–H groups in total. The number of carbonyl (C=O) groups is 1. The fourth-order valence-electron chi connectivity index (χ4n) is 4.10. The summed E-state index contributed by atoms with van der Waals surface area (Å²) in [5.74, 6) is 1.01. The zero-order chi connectivity index (χ0) is 19.8. The number of aryl methyl sites for hydroxylation is 1. The summed E-state index contributed by atoms with van der Waals surface area (Å²) in [5, 5.41) is 6.13. The van der Waals surface area contributed by atoms with E-state index in [1.54, 1.807) is 0 Å². The van der Waals surface area contributed by atoms with E-state index in [9.17, 15) is 4.79 Å². The molecule has 0 radical (unpaired) electrons. The molecule has 29 heavy (non-hydrogen) atoms. The molecule has 1 aliphatic heterocycles. The fraction of sp³-hybridized carbons (Fsp3) is 0.304. The van der Waals surface area contributed by atoms with Crippen LogP contribution in [0.3, 0.4) is 0 Å². The molecule has 3 heterocycles. The molecule has 2 aromatic carbocycles. The van der Waals surface area contributed by atoms with Gasteiger partial charge in [-0.25, -0.2) is 0 Å². The second kappa shape index (κ2) is 7.28. The van der Waals surface area contributed by atoms with Crippen LogP contribution >= 0.6 is 0 Å². The van der Waals surface area contributed by atoms with Crippen molar-refractivity contribution in [1.29, 1.82) is 0 Å². The van der Waals surface area contributed by atoms with Crippen LogP contribution in [0.5, 0.6) is 5.75 Å². The zero-order valence-corrected chi connectivity index (χ0v) is 16.4. The molecule has 1 amide bonds. The Morgan fingerprint density at radius 1 is 1.10 bits per heavy atom. The molecular weight excluding hydrogens is 366 g/mol. The molecule has 1 fully saturated rings. The van der Waals surface area contributed by atoms with Crippen LogP contribution in [0.1, 0.15) is 18.5 Å². The van der Waals surface area contributed by atoms with Crippen molar-refractivity contribution in [2.75, 3.05) is 13.1 Å². The molecule has 0 spiro atoms. The first-order valence-electron chi connectivity index (χ1n) is 10.0. The summed E-state index contributed by atoms with van der Waals surface area (Å²) in [6, 6.07) is 15.9. The number of likely N-dealkylation sites (tertiary alicyclic amines) is 1. The van der Waals surface area contributed by atoms with Gasteiger partial charge in [0.05, 0.1) is 11.9 Å². The highest BCUT2D eigenvalue weighted by molar-refractivity contribution is 5.87. The molecule has 6 heteroatoms. The molecule has 0 atom stereocenters. The normalized spacial score (nSPS) is 15.3. The number of aromatic nitrogens is 2. The average Bonchev–Trinajstić information content (AvgIpc) is 3.33. The van der Waals surface area contributed by atoms with E-state index in [-0.39, 0.29) is 18.4 Å². The highest BCUT2D eigenvalue weighted by Crippen LogP contribution is 2.29. The predicted molar refractivity (Wildman–Crippen MR) is 111 cm³/mol. The summed E-state index contributed by atoms with van der Waals surface area (Å²) in [4.78, 5) is 14.7. The highest BCUT2D eigenvalue weighted by Gasteiger charge is 2.25. The second-order valence-electron chi connectivity index (χ2n) is 7.62. The Morgan fingerprint density at radius 3 is 2.79 bits per heavy atom. The third kappa shape index (κ3) is 3.35. The van der Waals surface area contributed by atoms with Gasteiger partial charge in [-0.3, -0.25) is 4.79 Å².